The summed E-state index contributed by atoms with van der Waals surface area (Å²) in [6.07, 6.45) is 0.457. The van der Waals surface area contributed by atoms with Crippen molar-refractivity contribution in [1.29, 1.82) is 0 Å². The molecule has 0 aromatic carbocycles. The van der Waals surface area contributed by atoms with Crippen LogP contribution in [0.2, 0.25) is 0 Å². The zero-order chi connectivity index (χ0) is 15.0. The minimum atomic E-state index is -0.824. The predicted molar refractivity (Wildman–Crippen MR) is 76.1 cm³/mol. The van der Waals surface area contributed by atoms with Crippen molar-refractivity contribution in [1.82, 2.24) is 10.2 Å². The summed E-state index contributed by atoms with van der Waals surface area (Å²) in [5.41, 5.74) is 0. The van der Waals surface area contributed by atoms with Gasteiger partial charge in [-0.2, -0.15) is 0 Å². The van der Waals surface area contributed by atoms with Crippen LogP contribution in [0.5, 0.6) is 0 Å². The standard InChI is InChI=1S/C14H28N2O3/c1-10(2)8-16(9-11(3)4)14(19)15-7-6-12(5)13(17)18/h10-12H,6-9H2,1-5H3,(H,15,19)(H,17,18). The lowest BCUT2D eigenvalue weighted by Gasteiger charge is -2.26. The third-order valence-electron chi connectivity index (χ3n) is 2.73. The number of urea groups is 1. The predicted octanol–water partition coefficient (Wildman–Crippen LogP) is 2.42. The van der Waals surface area contributed by atoms with Crippen LogP contribution < -0.4 is 5.32 Å². The maximum absolute atomic E-state index is 12.0. The van der Waals surface area contributed by atoms with Gasteiger partial charge in [-0.1, -0.05) is 34.6 Å². The van der Waals surface area contributed by atoms with Crippen molar-refractivity contribution in [3.8, 4) is 0 Å². The lowest BCUT2D eigenvalue weighted by Crippen LogP contribution is -2.44. The van der Waals surface area contributed by atoms with Crippen LogP contribution in [0.4, 0.5) is 4.79 Å². The molecule has 0 spiro atoms. The van der Waals surface area contributed by atoms with Crippen LogP contribution in [0.1, 0.15) is 41.0 Å². The third-order valence-corrected chi connectivity index (χ3v) is 2.73. The average molecular weight is 272 g/mol. The lowest BCUT2D eigenvalue weighted by molar-refractivity contribution is -0.141. The van der Waals surface area contributed by atoms with Crippen molar-refractivity contribution in [3.63, 3.8) is 0 Å². The number of carbonyl (C=O) groups is 2. The fraction of sp³-hybridized carbons (Fsp3) is 0.857. The molecule has 0 aromatic rings. The Hall–Kier alpha value is -1.26. The molecule has 0 rings (SSSR count). The maximum Gasteiger partial charge on any atom is 0.317 e. The molecule has 0 saturated heterocycles. The maximum atomic E-state index is 12.0. The number of hydrogen-bond donors (Lipinski definition) is 2. The minimum absolute atomic E-state index is 0.0972. The Morgan fingerprint density at radius 2 is 1.53 bits per heavy atom. The summed E-state index contributed by atoms with van der Waals surface area (Å²) in [6, 6.07) is -0.0972. The van der Waals surface area contributed by atoms with E-state index in [4.69, 9.17) is 5.11 Å². The van der Waals surface area contributed by atoms with E-state index in [1.54, 1.807) is 11.8 Å². The van der Waals surface area contributed by atoms with E-state index < -0.39 is 11.9 Å². The molecule has 1 atom stereocenters. The molecule has 0 saturated carbocycles. The van der Waals surface area contributed by atoms with E-state index in [0.717, 1.165) is 13.1 Å². The van der Waals surface area contributed by atoms with Crippen LogP contribution >= 0.6 is 0 Å². The number of carboxylic acid groups (broad SMARTS) is 1. The number of aliphatic carboxylic acids is 1. The van der Waals surface area contributed by atoms with Crippen molar-refractivity contribution in [2.75, 3.05) is 19.6 Å². The third kappa shape index (κ3) is 8.46. The first-order valence-electron chi connectivity index (χ1n) is 6.99. The Bertz CT molecular complexity index is 280. The summed E-state index contributed by atoms with van der Waals surface area (Å²) in [7, 11) is 0. The number of nitrogens with zero attached hydrogens (tertiary/aromatic N) is 1. The molecule has 0 bridgehead atoms. The van der Waals surface area contributed by atoms with E-state index in [2.05, 4.69) is 33.0 Å². The SMILES string of the molecule is CC(C)CN(CC(C)C)C(=O)NCCC(C)C(=O)O. The van der Waals surface area contributed by atoms with E-state index in [1.165, 1.54) is 0 Å². The minimum Gasteiger partial charge on any atom is -0.481 e. The van der Waals surface area contributed by atoms with E-state index in [-0.39, 0.29) is 6.03 Å². The largest absolute Gasteiger partial charge is 0.481 e. The summed E-state index contributed by atoms with van der Waals surface area (Å²) >= 11 is 0. The van der Waals surface area contributed by atoms with Gasteiger partial charge in [0.05, 0.1) is 5.92 Å². The molecule has 0 radical (unpaired) electrons. The van der Waals surface area contributed by atoms with Gasteiger partial charge in [-0.05, 0) is 18.3 Å². The lowest BCUT2D eigenvalue weighted by atomic mass is 10.1. The molecular weight excluding hydrogens is 244 g/mol. The van der Waals surface area contributed by atoms with E-state index >= 15 is 0 Å². The summed E-state index contributed by atoms with van der Waals surface area (Å²) in [6.45, 7) is 11.8. The quantitative estimate of drug-likeness (QED) is 0.713. The van der Waals surface area contributed by atoms with Crippen LogP contribution in [-0.4, -0.2) is 41.6 Å². The molecule has 112 valence electrons. The normalized spacial score (nSPS) is 12.6. The Balaban J connectivity index is 4.20. The first-order chi connectivity index (χ1) is 8.73. The molecule has 2 amide bonds. The van der Waals surface area contributed by atoms with Gasteiger partial charge in [0, 0.05) is 19.6 Å². The number of carbonyl (C=O) groups excluding carboxylic acids is 1. The molecule has 5 heteroatoms. The molecule has 0 aliphatic heterocycles. The topological polar surface area (TPSA) is 69.6 Å². The number of hydrogen-bond acceptors (Lipinski definition) is 2. The van der Waals surface area contributed by atoms with Crippen LogP contribution in [-0.2, 0) is 4.79 Å². The summed E-state index contributed by atoms with van der Waals surface area (Å²) in [5.74, 6) is -0.413. The zero-order valence-corrected chi connectivity index (χ0v) is 12.8. The Kier molecular flexibility index (Phi) is 8.19. The second kappa shape index (κ2) is 8.77. The van der Waals surface area contributed by atoms with Crippen molar-refractivity contribution in [2.24, 2.45) is 17.8 Å². The smallest absolute Gasteiger partial charge is 0.317 e. The van der Waals surface area contributed by atoms with E-state index in [0.29, 0.717) is 24.8 Å². The Labute approximate surface area is 116 Å². The van der Waals surface area contributed by atoms with Crippen LogP contribution in [0.25, 0.3) is 0 Å². The molecule has 0 fully saturated rings. The zero-order valence-electron chi connectivity index (χ0n) is 12.8. The van der Waals surface area contributed by atoms with Crippen molar-refractivity contribution in [2.45, 2.75) is 41.0 Å². The summed E-state index contributed by atoms with van der Waals surface area (Å²) in [4.78, 5) is 24.5. The van der Waals surface area contributed by atoms with Gasteiger partial charge in [-0.15, -0.1) is 0 Å². The van der Waals surface area contributed by atoms with Crippen molar-refractivity contribution < 1.29 is 14.7 Å². The van der Waals surface area contributed by atoms with Crippen molar-refractivity contribution in [3.05, 3.63) is 0 Å². The van der Waals surface area contributed by atoms with Gasteiger partial charge >= 0.3 is 12.0 Å². The van der Waals surface area contributed by atoms with Gasteiger partial charge in [-0.25, -0.2) is 4.79 Å². The molecule has 0 aromatic heterocycles. The number of nitrogens with one attached hydrogen (secondary N) is 1. The van der Waals surface area contributed by atoms with Crippen LogP contribution in [0, 0.1) is 17.8 Å². The molecular formula is C14H28N2O3. The first kappa shape index (κ1) is 17.7. The van der Waals surface area contributed by atoms with Gasteiger partial charge in [0.25, 0.3) is 0 Å². The summed E-state index contributed by atoms with van der Waals surface area (Å²) < 4.78 is 0. The number of amides is 2. The number of carboxylic acids is 1. The van der Waals surface area contributed by atoms with E-state index in [9.17, 15) is 9.59 Å². The van der Waals surface area contributed by atoms with Gasteiger partial charge in [0.15, 0.2) is 0 Å². The van der Waals surface area contributed by atoms with E-state index in [1.807, 2.05) is 0 Å². The second-order valence-corrected chi connectivity index (χ2v) is 5.95. The van der Waals surface area contributed by atoms with Gasteiger partial charge in [-0.3, -0.25) is 4.79 Å². The highest BCUT2D eigenvalue weighted by Gasteiger charge is 2.17. The van der Waals surface area contributed by atoms with Gasteiger partial charge in [0.2, 0.25) is 0 Å². The fourth-order valence-corrected chi connectivity index (χ4v) is 1.75. The van der Waals surface area contributed by atoms with Gasteiger partial charge in [0.1, 0.15) is 0 Å². The summed E-state index contributed by atoms with van der Waals surface area (Å²) in [5, 5.41) is 11.6. The van der Waals surface area contributed by atoms with Crippen LogP contribution in [0.3, 0.4) is 0 Å². The van der Waals surface area contributed by atoms with Crippen molar-refractivity contribution >= 4 is 12.0 Å². The molecule has 0 heterocycles. The molecule has 2 N–H and O–H groups in total. The monoisotopic (exact) mass is 272 g/mol. The molecule has 5 nitrogen and oxygen atoms in total. The molecule has 1 unspecified atom stereocenters. The Morgan fingerprint density at radius 3 is 1.89 bits per heavy atom. The molecule has 0 aliphatic carbocycles. The highest BCUT2D eigenvalue weighted by molar-refractivity contribution is 5.74. The van der Waals surface area contributed by atoms with Crippen LogP contribution in [0.15, 0.2) is 0 Å². The molecule has 19 heavy (non-hydrogen) atoms. The Morgan fingerprint density at radius 1 is 1.05 bits per heavy atom. The fourth-order valence-electron chi connectivity index (χ4n) is 1.75. The highest BCUT2D eigenvalue weighted by atomic mass is 16.4. The second-order valence-electron chi connectivity index (χ2n) is 5.95. The first-order valence-corrected chi connectivity index (χ1v) is 6.99. The average Bonchev–Trinajstić information content (AvgIpc) is 2.26. The number of rotatable bonds is 8. The van der Waals surface area contributed by atoms with Gasteiger partial charge < -0.3 is 15.3 Å². The highest BCUT2D eigenvalue weighted by Crippen LogP contribution is 2.05. The molecule has 0 aliphatic rings.